The minimum Gasteiger partial charge on any atom is -0.496 e. The van der Waals surface area contributed by atoms with Crippen LogP contribution < -0.4 is 10.1 Å². The van der Waals surface area contributed by atoms with Crippen LogP contribution in [0, 0.1) is 6.92 Å². The molecule has 0 saturated heterocycles. The maximum Gasteiger partial charge on any atom is 0.278 e. The van der Waals surface area contributed by atoms with Gasteiger partial charge in [-0.15, -0.1) is 0 Å². The van der Waals surface area contributed by atoms with Crippen LogP contribution in [0.25, 0.3) is 5.57 Å². The summed E-state index contributed by atoms with van der Waals surface area (Å²) in [6.45, 7) is 3.91. The first-order valence-electron chi connectivity index (χ1n) is 8.25. The van der Waals surface area contributed by atoms with Crippen LogP contribution in [0.4, 0.5) is 5.69 Å². The van der Waals surface area contributed by atoms with Gasteiger partial charge < -0.3 is 10.1 Å². The van der Waals surface area contributed by atoms with Crippen LogP contribution in [0.5, 0.6) is 5.75 Å². The third kappa shape index (κ3) is 2.95. The lowest BCUT2D eigenvalue weighted by Gasteiger charge is -2.13. The van der Waals surface area contributed by atoms with Crippen LogP contribution >= 0.6 is 11.6 Å². The Hall–Kier alpha value is -2.79. The Morgan fingerprint density at radius 3 is 2.50 bits per heavy atom. The summed E-state index contributed by atoms with van der Waals surface area (Å²) < 4.78 is 5.39. The van der Waals surface area contributed by atoms with Gasteiger partial charge in [-0.1, -0.05) is 35.9 Å². The van der Waals surface area contributed by atoms with Gasteiger partial charge in [0.05, 0.1) is 12.7 Å². The molecule has 5 nitrogen and oxygen atoms in total. The standard InChI is InChI=1S/C20H19ClN2O3/c1-4-23-19(24)17(13-8-5-6-11-16(13)26-3)18(20(23)25)22-15-10-7-9-14(21)12(15)2/h5-11,22H,4H2,1-3H3. The highest BCUT2D eigenvalue weighted by Gasteiger charge is 2.39. The molecule has 2 aromatic rings. The van der Waals surface area contributed by atoms with Gasteiger partial charge in [0.1, 0.15) is 11.4 Å². The molecule has 1 heterocycles. The zero-order chi connectivity index (χ0) is 18.8. The molecule has 1 N–H and O–H groups in total. The van der Waals surface area contributed by atoms with Crippen LogP contribution in [0.15, 0.2) is 48.2 Å². The third-order valence-corrected chi connectivity index (χ3v) is 4.80. The zero-order valence-electron chi connectivity index (χ0n) is 14.8. The number of hydrogen-bond acceptors (Lipinski definition) is 4. The Kier molecular flexibility index (Phi) is 5.00. The molecule has 1 aliphatic rings. The fourth-order valence-electron chi connectivity index (χ4n) is 2.96. The summed E-state index contributed by atoms with van der Waals surface area (Å²) in [5.74, 6) is -0.175. The summed E-state index contributed by atoms with van der Waals surface area (Å²) in [6, 6.07) is 12.5. The van der Waals surface area contributed by atoms with Gasteiger partial charge in [-0.2, -0.15) is 0 Å². The monoisotopic (exact) mass is 370 g/mol. The number of nitrogens with zero attached hydrogens (tertiary/aromatic N) is 1. The van der Waals surface area contributed by atoms with Gasteiger partial charge in [0, 0.05) is 22.8 Å². The first-order chi connectivity index (χ1) is 12.5. The van der Waals surface area contributed by atoms with Crippen molar-refractivity contribution < 1.29 is 14.3 Å². The molecular formula is C20H19ClN2O3. The van der Waals surface area contributed by atoms with E-state index in [0.29, 0.717) is 27.6 Å². The maximum atomic E-state index is 12.9. The average molecular weight is 371 g/mol. The molecule has 6 heteroatoms. The topological polar surface area (TPSA) is 58.6 Å². The number of benzene rings is 2. The van der Waals surface area contributed by atoms with E-state index in [0.717, 1.165) is 5.56 Å². The van der Waals surface area contributed by atoms with E-state index in [4.69, 9.17) is 16.3 Å². The van der Waals surface area contributed by atoms with Gasteiger partial charge in [-0.05, 0) is 37.6 Å². The lowest BCUT2D eigenvalue weighted by Crippen LogP contribution is -2.32. The van der Waals surface area contributed by atoms with E-state index in [1.165, 1.54) is 12.0 Å². The predicted octanol–water partition coefficient (Wildman–Crippen LogP) is 3.87. The van der Waals surface area contributed by atoms with E-state index >= 15 is 0 Å². The molecule has 2 amide bonds. The smallest absolute Gasteiger partial charge is 0.278 e. The Balaban J connectivity index is 2.18. The van der Waals surface area contributed by atoms with Crippen LogP contribution in [-0.2, 0) is 9.59 Å². The quantitative estimate of drug-likeness (QED) is 0.812. The van der Waals surface area contributed by atoms with Crippen molar-refractivity contribution in [2.45, 2.75) is 13.8 Å². The van der Waals surface area contributed by atoms with Gasteiger partial charge in [-0.25, -0.2) is 0 Å². The predicted molar refractivity (Wildman–Crippen MR) is 102 cm³/mol. The number of halogens is 1. The van der Waals surface area contributed by atoms with Crippen molar-refractivity contribution >= 4 is 34.7 Å². The van der Waals surface area contributed by atoms with Crippen LogP contribution in [0.1, 0.15) is 18.1 Å². The van der Waals surface area contributed by atoms with E-state index in [9.17, 15) is 9.59 Å². The van der Waals surface area contributed by atoms with Gasteiger partial charge in [-0.3, -0.25) is 14.5 Å². The van der Waals surface area contributed by atoms with Gasteiger partial charge >= 0.3 is 0 Å². The fraction of sp³-hybridized carbons (Fsp3) is 0.200. The SMILES string of the molecule is CCN1C(=O)C(Nc2cccc(Cl)c2C)=C(c2ccccc2OC)C1=O. The number of likely N-dealkylation sites (N-methyl/N-ethyl adjacent to an activating group) is 1. The normalized spacial score (nSPS) is 14.2. The minimum absolute atomic E-state index is 0.228. The van der Waals surface area contributed by atoms with E-state index < -0.39 is 0 Å². The molecule has 2 aromatic carbocycles. The fourth-order valence-corrected chi connectivity index (χ4v) is 3.13. The van der Waals surface area contributed by atoms with E-state index in [2.05, 4.69) is 5.32 Å². The lowest BCUT2D eigenvalue weighted by molar-refractivity contribution is -0.136. The third-order valence-electron chi connectivity index (χ3n) is 4.39. The van der Waals surface area contributed by atoms with Crippen molar-refractivity contribution in [1.82, 2.24) is 4.90 Å². The number of methoxy groups -OCH3 is 1. The number of amides is 2. The molecule has 0 saturated carbocycles. The van der Waals surface area contributed by atoms with Crippen molar-refractivity contribution in [3.8, 4) is 5.75 Å². The molecular weight excluding hydrogens is 352 g/mol. The van der Waals surface area contributed by atoms with Crippen molar-refractivity contribution in [2.24, 2.45) is 0 Å². The Morgan fingerprint density at radius 1 is 1.08 bits per heavy atom. The first kappa shape index (κ1) is 18.0. The number of nitrogens with one attached hydrogen (secondary N) is 1. The molecule has 0 aliphatic carbocycles. The lowest BCUT2D eigenvalue weighted by atomic mass is 10.0. The molecule has 0 fully saturated rings. The number of hydrogen-bond donors (Lipinski definition) is 1. The molecule has 3 rings (SSSR count). The molecule has 26 heavy (non-hydrogen) atoms. The minimum atomic E-state index is -0.363. The van der Waals surface area contributed by atoms with Crippen LogP contribution in [-0.4, -0.2) is 30.4 Å². The number of ether oxygens (including phenoxy) is 1. The Morgan fingerprint density at radius 2 is 1.81 bits per heavy atom. The molecule has 0 atom stereocenters. The Labute approximate surface area is 157 Å². The van der Waals surface area contributed by atoms with Crippen molar-refractivity contribution in [3.05, 3.63) is 64.3 Å². The highest BCUT2D eigenvalue weighted by molar-refractivity contribution is 6.37. The summed E-state index contributed by atoms with van der Waals surface area (Å²) in [5.41, 5.74) is 2.59. The highest BCUT2D eigenvalue weighted by atomic mass is 35.5. The molecule has 0 unspecified atom stereocenters. The summed E-state index contributed by atoms with van der Waals surface area (Å²) in [7, 11) is 1.53. The summed E-state index contributed by atoms with van der Waals surface area (Å²) >= 11 is 6.18. The van der Waals surface area contributed by atoms with Crippen LogP contribution in [0.3, 0.4) is 0 Å². The summed E-state index contributed by atoms with van der Waals surface area (Å²) in [6.07, 6.45) is 0. The second-order valence-electron chi connectivity index (χ2n) is 5.84. The van der Waals surface area contributed by atoms with Crippen molar-refractivity contribution in [3.63, 3.8) is 0 Å². The zero-order valence-corrected chi connectivity index (χ0v) is 15.6. The van der Waals surface area contributed by atoms with Crippen LogP contribution in [0.2, 0.25) is 5.02 Å². The number of para-hydroxylation sites is 1. The molecule has 0 spiro atoms. The second-order valence-corrected chi connectivity index (χ2v) is 6.25. The number of carbonyl (C=O) groups is 2. The molecule has 0 bridgehead atoms. The Bertz CT molecular complexity index is 921. The average Bonchev–Trinajstić information content (AvgIpc) is 2.88. The first-order valence-corrected chi connectivity index (χ1v) is 8.63. The van der Waals surface area contributed by atoms with Crippen molar-refractivity contribution in [2.75, 3.05) is 19.0 Å². The van der Waals surface area contributed by atoms with Gasteiger partial charge in [0.15, 0.2) is 0 Å². The molecule has 134 valence electrons. The molecule has 0 aromatic heterocycles. The number of carbonyl (C=O) groups excluding carboxylic acids is 2. The van der Waals surface area contributed by atoms with Crippen molar-refractivity contribution in [1.29, 1.82) is 0 Å². The second kappa shape index (κ2) is 7.22. The number of rotatable bonds is 5. The van der Waals surface area contributed by atoms with Gasteiger partial charge in [0.25, 0.3) is 11.8 Å². The number of imide groups is 1. The van der Waals surface area contributed by atoms with E-state index in [1.807, 2.05) is 19.1 Å². The summed E-state index contributed by atoms with van der Waals surface area (Å²) in [4.78, 5) is 26.9. The largest absolute Gasteiger partial charge is 0.496 e. The number of anilines is 1. The van der Waals surface area contributed by atoms with Gasteiger partial charge in [0.2, 0.25) is 0 Å². The molecule has 0 radical (unpaired) electrons. The molecule has 1 aliphatic heterocycles. The highest BCUT2D eigenvalue weighted by Crippen LogP contribution is 2.36. The van der Waals surface area contributed by atoms with E-state index in [-0.39, 0.29) is 24.1 Å². The summed E-state index contributed by atoms with van der Waals surface area (Å²) in [5, 5.41) is 3.70. The maximum absolute atomic E-state index is 12.9. The van der Waals surface area contributed by atoms with E-state index in [1.54, 1.807) is 37.3 Å².